The molecule has 0 amide bonds. The zero-order chi connectivity index (χ0) is 5.70. The fourth-order valence-corrected chi connectivity index (χ4v) is 0.184. The molecule has 0 unspecified atom stereocenters. The van der Waals surface area contributed by atoms with E-state index >= 15 is 0 Å². The van der Waals surface area contributed by atoms with Gasteiger partial charge in [-0.2, -0.15) is 0 Å². The van der Waals surface area contributed by atoms with Crippen molar-refractivity contribution in [3.8, 4) is 11.8 Å². The van der Waals surface area contributed by atoms with E-state index in [1.54, 1.807) is 14.0 Å². The van der Waals surface area contributed by atoms with Crippen LogP contribution in [-0.4, -0.2) is 12.9 Å². The minimum absolute atomic E-state index is 0.391. The Morgan fingerprint density at radius 2 is 2.29 bits per heavy atom. The summed E-state index contributed by atoms with van der Waals surface area (Å²) < 4.78 is 0. The smallest absolute Gasteiger partial charge is 0.170 e. The van der Waals surface area contributed by atoms with E-state index in [2.05, 4.69) is 16.8 Å². The molecule has 0 aromatic carbocycles. The van der Waals surface area contributed by atoms with E-state index in [1.807, 2.05) is 0 Å². The molecule has 0 radical (unpaired) electrons. The van der Waals surface area contributed by atoms with Gasteiger partial charge in [0, 0.05) is 7.05 Å². The minimum atomic E-state index is 0.391. The molecule has 0 aliphatic carbocycles. The summed E-state index contributed by atoms with van der Waals surface area (Å²) >= 11 is 0. The van der Waals surface area contributed by atoms with Crippen LogP contribution >= 0.6 is 0 Å². The Labute approximate surface area is 43.4 Å². The Morgan fingerprint density at radius 1 is 1.71 bits per heavy atom. The molecule has 0 fully saturated rings. The van der Waals surface area contributed by atoms with Crippen molar-refractivity contribution in [1.29, 1.82) is 0 Å². The molecule has 0 aromatic rings. The van der Waals surface area contributed by atoms with Gasteiger partial charge in [0.1, 0.15) is 0 Å². The first-order valence-electron chi connectivity index (χ1n) is 1.96. The van der Waals surface area contributed by atoms with Crippen molar-refractivity contribution < 1.29 is 0 Å². The van der Waals surface area contributed by atoms with Gasteiger partial charge in [-0.3, -0.25) is 4.99 Å². The lowest BCUT2D eigenvalue weighted by molar-refractivity contribution is 1.42. The quantitative estimate of drug-likeness (QED) is 0.257. The van der Waals surface area contributed by atoms with Crippen LogP contribution in [0.25, 0.3) is 0 Å². The van der Waals surface area contributed by atoms with Crippen LogP contribution in [0.1, 0.15) is 6.92 Å². The van der Waals surface area contributed by atoms with Gasteiger partial charge in [0.15, 0.2) is 5.84 Å². The number of aliphatic imine (C=N–C) groups is 1. The van der Waals surface area contributed by atoms with E-state index in [0.29, 0.717) is 5.84 Å². The van der Waals surface area contributed by atoms with Gasteiger partial charge in [0.25, 0.3) is 0 Å². The Balaban J connectivity index is 3.75. The summed E-state index contributed by atoms with van der Waals surface area (Å²) in [4.78, 5) is 3.60. The lowest BCUT2D eigenvalue weighted by Crippen LogP contribution is -2.06. The molecule has 0 saturated heterocycles. The molecule has 0 aliphatic rings. The van der Waals surface area contributed by atoms with Crippen molar-refractivity contribution in [1.82, 2.24) is 0 Å². The zero-order valence-corrected chi connectivity index (χ0v) is 4.52. The standard InChI is InChI=1S/C5H8N2/c1-3-4-5(6)7-2/h1-2H3,(H2,6,7). The maximum absolute atomic E-state index is 5.16. The topological polar surface area (TPSA) is 38.4 Å². The number of amidine groups is 1. The van der Waals surface area contributed by atoms with Crippen LogP contribution in [0.15, 0.2) is 4.99 Å². The highest BCUT2D eigenvalue weighted by Crippen LogP contribution is 1.57. The van der Waals surface area contributed by atoms with E-state index in [-0.39, 0.29) is 0 Å². The fraction of sp³-hybridized carbons (Fsp3) is 0.400. The average molecular weight is 96.1 g/mol. The van der Waals surface area contributed by atoms with Gasteiger partial charge in [-0.1, -0.05) is 5.92 Å². The summed E-state index contributed by atoms with van der Waals surface area (Å²) in [6.45, 7) is 1.72. The average Bonchev–Trinajstić information content (AvgIpc) is 1.68. The summed E-state index contributed by atoms with van der Waals surface area (Å²) in [5.74, 6) is 5.58. The SMILES string of the molecule is CC#CC(N)=NC. The largest absolute Gasteiger partial charge is 0.377 e. The van der Waals surface area contributed by atoms with Crippen molar-refractivity contribution in [3.05, 3.63) is 0 Å². The Bertz CT molecular complexity index is 125. The highest BCUT2D eigenvalue weighted by atomic mass is 14.8. The zero-order valence-electron chi connectivity index (χ0n) is 4.52. The number of nitrogens with two attached hydrogens (primary N) is 1. The molecular weight excluding hydrogens is 88.1 g/mol. The summed E-state index contributed by atoms with van der Waals surface area (Å²) in [5, 5.41) is 0. The van der Waals surface area contributed by atoms with E-state index in [4.69, 9.17) is 5.73 Å². The predicted octanol–water partition coefficient (Wildman–Crippen LogP) is -0.00330. The Kier molecular flexibility index (Phi) is 2.78. The third kappa shape index (κ3) is 2.84. The van der Waals surface area contributed by atoms with Crippen LogP contribution in [0, 0.1) is 11.8 Å². The normalized spacial score (nSPS) is 9.71. The van der Waals surface area contributed by atoms with Crippen LogP contribution in [-0.2, 0) is 0 Å². The van der Waals surface area contributed by atoms with E-state index in [9.17, 15) is 0 Å². The second-order valence-electron chi connectivity index (χ2n) is 0.984. The third-order valence-electron chi connectivity index (χ3n) is 0.494. The fourth-order valence-electron chi connectivity index (χ4n) is 0.184. The molecule has 0 rings (SSSR count). The van der Waals surface area contributed by atoms with Crippen LogP contribution in [0.4, 0.5) is 0 Å². The van der Waals surface area contributed by atoms with Crippen molar-refractivity contribution in [3.63, 3.8) is 0 Å². The Morgan fingerprint density at radius 3 is 2.43 bits per heavy atom. The van der Waals surface area contributed by atoms with Gasteiger partial charge < -0.3 is 5.73 Å². The number of rotatable bonds is 0. The summed E-state index contributed by atoms with van der Waals surface area (Å²) in [7, 11) is 1.61. The molecule has 0 aromatic heterocycles. The lowest BCUT2D eigenvalue weighted by atomic mass is 10.6. The molecular formula is C5H8N2. The summed E-state index contributed by atoms with van der Waals surface area (Å²) in [5.41, 5.74) is 5.16. The molecule has 0 bridgehead atoms. The van der Waals surface area contributed by atoms with E-state index in [1.165, 1.54) is 0 Å². The van der Waals surface area contributed by atoms with Crippen LogP contribution in [0.5, 0.6) is 0 Å². The molecule has 2 nitrogen and oxygen atoms in total. The van der Waals surface area contributed by atoms with Crippen LogP contribution in [0.3, 0.4) is 0 Å². The van der Waals surface area contributed by atoms with Crippen molar-refractivity contribution in [2.75, 3.05) is 7.05 Å². The molecule has 7 heavy (non-hydrogen) atoms. The molecule has 2 N–H and O–H groups in total. The number of hydrogen-bond acceptors (Lipinski definition) is 1. The second kappa shape index (κ2) is 3.23. The monoisotopic (exact) mass is 96.1 g/mol. The minimum Gasteiger partial charge on any atom is -0.377 e. The first-order chi connectivity index (χ1) is 3.31. The van der Waals surface area contributed by atoms with Crippen molar-refractivity contribution in [2.45, 2.75) is 6.92 Å². The highest BCUT2D eigenvalue weighted by molar-refractivity contribution is 5.96. The van der Waals surface area contributed by atoms with Gasteiger partial charge in [0.2, 0.25) is 0 Å². The second-order valence-corrected chi connectivity index (χ2v) is 0.984. The number of hydrogen-bond donors (Lipinski definition) is 1. The number of nitrogens with zero attached hydrogens (tertiary/aromatic N) is 1. The molecule has 0 aliphatic heterocycles. The third-order valence-corrected chi connectivity index (χ3v) is 0.494. The lowest BCUT2D eigenvalue weighted by Gasteiger charge is -1.77. The van der Waals surface area contributed by atoms with Gasteiger partial charge in [-0.05, 0) is 12.8 Å². The highest BCUT2D eigenvalue weighted by Gasteiger charge is 1.71. The first-order valence-corrected chi connectivity index (χ1v) is 1.96. The van der Waals surface area contributed by atoms with E-state index < -0.39 is 0 Å². The Hall–Kier alpha value is -0.970. The van der Waals surface area contributed by atoms with Gasteiger partial charge >= 0.3 is 0 Å². The molecule has 2 heteroatoms. The van der Waals surface area contributed by atoms with Crippen LogP contribution < -0.4 is 5.73 Å². The van der Waals surface area contributed by atoms with Crippen molar-refractivity contribution >= 4 is 5.84 Å². The van der Waals surface area contributed by atoms with Gasteiger partial charge in [-0.25, -0.2) is 0 Å². The van der Waals surface area contributed by atoms with Gasteiger partial charge in [-0.15, -0.1) is 0 Å². The predicted molar refractivity (Wildman–Crippen MR) is 31.0 cm³/mol. The van der Waals surface area contributed by atoms with Crippen LogP contribution in [0.2, 0.25) is 0 Å². The summed E-state index contributed by atoms with van der Waals surface area (Å²) in [6, 6.07) is 0. The molecule has 38 valence electrons. The van der Waals surface area contributed by atoms with E-state index in [0.717, 1.165) is 0 Å². The first kappa shape index (κ1) is 6.03. The maximum atomic E-state index is 5.16. The summed E-state index contributed by atoms with van der Waals surface area (Å²) in [6.07, 6.45) is 0. The van der Waals surface area contributed by atoms with Crippen molar-refractivity contribution in [2.24, 2.45) is 10.7 Å². The molecule has 0 spiro atoms. The molecule has 0 saturated carbocycles. The molecule has 0 heterocycles. The van der Waals surface area contributed by atoms with Gasteiger partial charge in [0.05, 0.1) is 0 Å². The maximum Gasteiger partial charge on any atom is 0.170 e. The molecule has 0 atom stereocenters.